The van der Waals surface area contributed by atoms with E-state index in [1.807, 2.05) is 4.90 Å². The second-order valence-corrected chi connectivity index (χ2v) is 8.62. The third-order valence-corrected chi connectivity index (χ3v) is 5.41. The summed E-state index contributed by atoms with van der Waals surface area (Å²) in [6.45, 7) is 16.5. The Hall–Kier alpha value is -0.610. The number of guanidine groups is 1. The van der Waals surface area contributed by atoms with Gasteiger partial charge in [0.1, 0.15) is 0 Å². The van der Waals surface area contributed by atoms with Crippen molar-refractivity contribution in [3.63, 3.8) is 0 Å². The van der Waals surface area contributed by atoms with E-state index in [2.05, 4.69) is 68.7 Å². The van der Waals surface area contributed by atoms with E-state index in [1.165, 1.54) is 0 Å². The summed E-state index contributed by atoms with van der Waals surface area (Å²) in [6.07, 6.45) is 0. The quantitative estimate of drug-likeness (QED) is 0.361. The van der Waals surface area contributed by atoms with Crippen molar-refractivity contribution in [3.8, 4) is 0 Å². The van der Waals surface area contributed by atoms with Crippen molar-refractivity contribution in [3.05, 3.63) is 0 Å². The van der Waals surface area contributed by atoms with Crippen LogP contribution in [0.1, 0.15) is 34.6 Å². The number of carbonyl (C=O) groups is 1. The first-order valence-electron chi connectivity index (χ1n) is 9.90. The van der Waals surface area contributed by atoms with Crippen LogP contribution in [0.2, 0.25) is 0 Å². The van der Waals surface area contributed by atoms with Crippen molar-refractivity contribution < 1.29 is 4.79 Å². The van der Waals surface area contributed by atoms with Crippen LogP contribution in [0.3, 0.4) is 0 Å². The number of amides is 1. The molecule has 8 heteroatoms. The molecule has 2 saturated heterocycles. The molecule has 1 atom stereocenters. The van der Waals surface area contributed by atoms with Gasteiger partial charge in [0.25, 0.3) is 0 Å². The minimum absolute atomic E-state index is 0. The number of piperazine rings is 2. The largest absolute Gasteiger partial charge is 0.357 e. The second kappa shape index (κ2) is 10.2. The van der Waals surface area contributed by atoms with E-state index < -0.39 is 0 Å². The smallest absolute Gasteiger partial charge is 0.242 e. The van der Waals surface area contributed by atoms with Crippen LogP contribution >= 0.6 is 24.0 Å². The number of halogens is 1. The van der Waals surface area contributed by atoms with Crippen molar-refractivity contribution in [2.75, 3.05) is 59.9 Å². The summed E-state index contributed by atoms with van der Waals surface area (Å²) < 4.78 is 0. The van der Waals surface area contributed by atoms with E-state index in [0.717, 1.165) is 45.2 Å². The summed E-state index contributed by atoms with van der Waals surface area (Å²) in [6, 6.07) is 0.633. The molecule has 2 aliphatic heterocycles. The minimum atomic E-state index is -0.207. The van der Waals surface area contributed by atoms with Crippen LogP contribution in [0.25, 0.3) is 0 Å². The molecule has 27 heavy (non-hydrogen) atoms. The van der Waals surface area contributed by atoms with Crippen LogP contribution < -0.4 is 5.32 Å². The molecule has 1 N–H and O–H groups in total. The lowest BCUT2D eigenvalue weighted by molar-refractivity contribution is -0.145. The lowest BCUT2D eigenvalue weighted by Crippen LogP contribution is -2.66. The second-order valence-electron chi connectivity index (χ2n) is 8.62. The Morgan fingerprint density at radius 2 is 1.96 bits per heavy atom. The predicted octanol–water partition coefficient (Wildman–Crippen LogP) is 1.15. The van der Waals surface area contributed by atoms with Gasteiger partial charge in [0.05, 0.1) is 18.6 Å². The zero-order valence-corrected chi connectivity index (χ0v) is 20.5. The van der Waals surface area contributed by atoms with Gasteiger partial charge in [0, 0.05) is 44.8 Å². The van der Waals surface area contributed by atoms with Crippen molar-refractivity contribution in [2.24, 2.45) is 4.99 Å². The molecule has 0 spiro atoms. The molecule has 1 amide bonds. The highest BCUT2D eigenvalue weighted by Crippen LogP contribution is 2.24. The zero-order chi connectivity index (χ0) is 19.5. The van der Waals surface area contributed by atoms with Crippen molar-refractivity contribution in [1.29, 1.82) is 0 Å². The van der Waals surface area contributed by atoms with Gasteiger partial charge >= 0.3 is 0 Å². The first-order chi connectivity index (χ1) is 12.2. The molecule has 7 nitrogen and oxygen atoms in total. The first kappa shape index (κ1) is 24.4. The molecule has 2 rings (SSSR count). The molecule has 1 unspecified atom stereocenters. The molecule has 0 bridgehead atoms. The number of likely N-dealkylation sites (N-methyl/N-ethyl adjacent to an activating group) is 2. The van der Waals surface area contributed by atoms with Gasteiger partial charge in [-0.05, 0) is 48.7 Å². The van der Waals surface area contributed by atoms with Crippen molar-refractivity contribution in [2.45, 2.75) is 52.2 Å². The molecule has 2 heterocycles. The van der Waals surface area contributed by atoms with Gasteiger partial charge in [-0.15, -0.1) is 24.0 Å². The summed E-state index contributed by atoms with van der Waals surface area (Å²) in [7, 11) is 4.34. The number of rotatable bonds is 4. The van der Waals surface area contributed by atoms with Crippen LogP contribution in [0, 0.1) is 0 Å². The SMILES string of the molecule is CCNC(=NCC1CN(C)CCN1C)N1CC(=O)N(C(C)C)C(C)(C)C1.I. The number of hydrogen-bond donors (Lipinski definition) is 1. The number of nitrogens with one attached hydrogen (secondary N) is 1. The summed E-state index contributed by atoms with van der Waals surface area (Å²) in [5.74, 6) is 1.04. The predicted molar refractivity (Wildman–Crippen MR) is 123 cm³/mol. The monoisotopic (exact) mass is 494 g/mol. The topological polar surface area (TPSA) is 54.4 Å². The molecule has 0 aromatic heterocycles. The fourth-order valence-corrected chi connectivity index (χ4v) is 4.23. The van der Waals surface area contributed by atoms with Gasteiger partial charge in [-0.3, -0.25) is 14.7 Å². The molecular formula is C19H39IN6O. The lowest BCUT2D eigenvalue weighted by atomic mass is 9.96. The summed E-state index contributed by atoms with van der Waals surface area (Å²) >= 11 is 0. The van der Waals surface area contributed by atoms with E-state index in [9.17, 15) is 4.79 Å². The molecule has 0 aromatic rings. The zero-order valence-electron chi connectivity index (χ0n) is 18.2. The van der Waals surface area contributed by atoms with Gasteiger partial charge in [-0.1, -0.05) is 0 Å². The average Bonchev–Trinajstić information content (AvgIpc) is 2.52. The number of nitrogens with zero attached hydrogens (tertiary/aromatic N) is 5. The van der Waals surface area contributed by atoms with E-state index >= 15 is 0 Å². The highest BCUT2D eigenvalue weighted by molar-refractivity contribution is 14.0. The summed E-state index contributed by atoms with van der Waals surface area (Å²) in [4.78, 5) is 26.5. The maximum atomic E-state index is 12.8. The Balaban J connectivity index is 0.00000364. The van der Waals surface area contributed by atoms with Crippen LogP contribution in [-0.2, 0) is 4.79 Å². The Bertz CT molecular complexity index is 524. The van der Waals surface area contributed by atoms with Gasteiger partial charge in [0.2, 0.25) is 5.91 Å². The number of hydrogen-bond acceptors (Lipinski definition) is 4. The lowest BCUT2D eigenvalue weighted by Gasteiger charge is -2.49. The first-order valence-corrected chi connectivity index (χ1v) is 9.90. The van der Waals surface area contributed by atoms with Gasteiger partial charge in [0.15, 0.2) is 5.96 Å². The minimum Gasteiger partial charge on any atom is -0.357 e. The fourth-order valence-electron chi connectivity index (χ4n) is 4.23. The molecule has 158 valence electrons. The maximum absolute atomic E-state index is 12.8. The number of aliphatic imine (C=N–C) groups is 1. The molecule has 0 aromatic carbocycles. The molecule has 0 saturated carbocycles. The molecular weight excluding hydrogens is 455 g/mol. The average molecular weight is 494 g/mol. The van der Waals surface area contributed by atoms with Gasteiger partial charge in [-0.2, -0.15) is 0 Å². The maximum Gasteiger partial charge on any atom is 0.242 e. The van der Waals surface area contributed by atoms with E-state index in [4.69, 9.17) is 4.99 Å². The Morgan fingerprint density at radius 3 is 2.52 bits per heavy atom. The van der Waals surface area contributed by atoms with Crippen molar-refractivity contribution >= 4 is 35.8 Å². The third-order valence-electron chi connectivity index (χ3n) is 5.41. The van der Waals surface area contributed by atoms with Gasteiger partial charge in [-0.25, -0.2) is 0 Å². The number of carbonyl (C=O) groups excluding carboxylic acids is 1. The molecule has 2 aliphatic rings. The van der Waals surface area contributed by atoms with Crippen LogP contribution in [-0.4, -0.2) is 109 Å². The van der Waals surface area contributed by atoms with E-state index in [1.54, 1.807) is 0 Å². The standard InChI is InChI=1S/C19H38N6O.HI/c1-8-20-18(21-11-16-12-22(6)9-10-23(16)7)24-13-17(26)25(15(2)3)19(4,5)14-24;/h15-16H,8-14H2,1-7H3,(H,20,21);1H. The summed E-state index contributed by atoms with van der Waals surface area (Å²) in [5, 5.41) is 3.39. The van der Waals surface area contributed by atoms with Gasteiger partial charge < -0.3 is 20.0 Å². The fraction of sp³-hybridized carbons (Fsp3) is 0.895. The highest BCUT2D eigenvalue weighted by Gasteiger charge is 2.40. The van der Waals surface area contributed by atoms with E-state index in [0.29, 0.717) is 12.6 Å². The normalized spacial score (nSPS) is 25.0. The molecule has 0 radical (unpaired) electrons. The van der Waals surface area contributed by atoms with Crippen molar-refractivity contribution in [1.82, 2.24) is 24.9 Å². The Kier molecular flexibility index (Phi) is 9.27. The van der Waals surface area contributed by atoms with Crippen LogP contribution in [0.5, 0.6) is 0 Å². The third kappa shape index (κ3) is 6.19. The van der Waals surface area contributed by atoms with Crippen LogP contribution in [0.15, 0.2) is 4.99 Å². The van der Waals surface area contributed by atoms with E-state index in [-0.39, 0.29) is 41.5 Å². The Morgan fingerprint density at radius 1 is 1.30 bits per heavy atom. The summed E-state index contributed by atoms with van der Waals surface area (Å²) in [5.41, 5.74) is -0.207. The Labute approximate surface area is 182 Å². The molecule has 0 aliphatic carbocycles. The molecule has 2 fully saturated rings. The van der Waals surface area contributed by atoms with Crippen LogP contribution in [0.4, 0.5) is 0 Å². The highest BCUT2D eigenvalue weighted by atomic mass is 127.